The van der Waals surface area contributed by atoms with Crippen LogP contribution >= 0.6 is 0 Å². The highest BCUT2D eigenvalue weighted by molar-refractivity contribution is 5.80. The lowest BCUT2D eigenvalue weighted by Crippen LogP contribution is -2.62. The van der Waals surface area contributed by atoms with Crippen LogP contribution in [0.15, 0.2) is 85.1 Å². The molecule has 2 unspecified atom stereocenters. The van der Waals surface area contributed by atoms with Gasteiger partial charge in [0.2, 0.25) is 5.91 Å². The molecule has 2 fully saturated rings. The lowest BCUT2D eigenvalue weighted by molar-refractivity contribution is -0.306. The Morgan fingerprint density at radius 2 is 1.30 bits per heavy atom. The number of aliphatic hydroxyl groups excluding tert-OH is 8. The largest absolute Gasteiger partial charge is 0.462 e. The van der Waals surface area contributed by atoms with E-state index in [1.807, 2.05) is 80.6 Å². The Hall–Kier alpha value is -3.44. The smallest absolute Gasteiger partial charge is 0.308 e. The second kappa shape index (κ2) is 30.4. The molecule has 18 nitrogen and oxygen atoms in total. The number of carbonyl (C=O) groups is 2. The fourth-order valence-corrected chi connectivity index (χ4v) is 8.54. The van der Waals surface area contributed by atoms with Gasteiger partial charge in [-0.15, -0.1) is 0 Å². The summed E-state index contributed by atoms with van der Waals surface area (Å²) in [5.74, 6) is -5.23. The summed E-state index contributed by atoms with van der Waals surface area (Å²) in [6.07, 6.45) is 9.40. The van der Waals surface area contributed by atoms with Gasteiger partial charge in [0.25, 0.3) is 0 Å². The van der Waals surface area contributed by atoms with E-state index in [0.717, 1.165) is 0 Å². The molecule has 3 rings (SSSR count). The summed E-state index contributed by atoms with van der Waals surface area (Å²) >= 11 is 0. The molecule has 0 spiro atoms. The summed E-state index contributed by atoms with van der Waals surface area (Å²) in [6.45, 7) is 7.63. The minimum atomic E-state index is -2.11. The van der Waals surface area contributed by atoms with Crippen molar-refractivity contribution in [2.24, 2.45) is 23.5 Å². The Bertz CT molecular complexity index is 1740. The van der Waals surface area contributed by atoms with Crippen molar-refractivity contribution in [1.82, 2.24) is 10.2 Å². The van der Waals surface area contributed by atoms with E-state index in [1.54, 1.807) is 51.2 Å². The molecule has 3 heterocycles. The zero-order valence-electron chi connectivity index (χ0n) is 41.2. The van der Waals surface area contributed by atoms with Gasteiger partial charge in [-0.25, -0.2) is 0 Å². The van der Waals surface area contributed by atoms with Gasteiger partial charge in [0.1, 0.15) is 12.2 Å². The summed E-state index contributed by atoms with van der Waals surface area (Å²) in [5, 5.41) is 102. The fraction of sp³-hybridized carbons (Fsp3) is 0.686. The van der Waals surface area contributed by atoms with E-state index in [9.17, 15) is 55.5 Å². The molecule has 0 radical (unpaired) electrons. The number of rotatable bonds is 6. The molecular weight excluding hydrogens is 895 g/mol. The quantitative estimate of drug-likeness (QED) is 0.167. The Morgan fingerprint density at radius 3 is 1.91 bits per heavy atom. The Balaban J connectivity index is 1.90. The molecule has 0 aromatic heterocycles. The van der Waals surface area contributed by atoms with Crippen LogP contribution in [0.1, 0.15) is 85.5 Å². The highest BCUT2D eigenvalue weighted by Crippen LogP contribution is 2.38. The van der Waals surface area contributed by atoms with Crippen LogP contribution in [-0.4, -0.2) is 181 Å². The summed E-state index contributed by atoms with van der Waals surface area (Å²) in [7, 11) is 3.69. The molecule has 0 aromatic carbocycles. The number of esters is 1. The first-order chi connectivity index (χ1) is 32.6. The van der Waals surface area contributed by atoms with Crippen LogP contribution in [0.5, 0.6) is 0 Å². The normalized spacial score (nSPS) is 42.5. The summed E-state index contributed by atoms with van der Waals surface area (Å²) in [6, 6.07) is -1.10. The van der Waals surface area contributed by atoms with Crippen LogP contribution in [0.4, 0.5) is 0 Å². The van der Waals surface area contributed by atoms with E-state index in [2.05, 4.69) is 5.32 Å². The number of likely N-dealkylation sites (N-methyl/N-ethyl adjacent to an activating group) is 1. The first-order valence-electron chi connectivity index (χ1n) is 24.3. The fourth-order valence-electron chi connectivity index (χ4n) is 8.54. The van der Waals surface area contributed by atoms with Crippen molar-refractivity contribution in [3.8, 4) is 0 Å². The van der Waals surface area contributed by atoms with Crippen LogP contribution in [-0.2, 0) is 28.5 Å². The Kier molecular flexibility index (Phi) is 26.4. The Morgan fingerprint density at radius 1 is 0.739 bits per heavy atom. The minimum absolute atomic E-state index is 0.0862. The second-order valence-electron chi connectivity index (χ2n) is 19.2. The summed E-state index contributed by atoms with van der Waals surface area (Å²) in [4.78, 5) is 28.3. The number of ether oxygens (including phenoxy) is 4. The zero-order valence-corrected chi connectivity index (χ0v) is 41.2. The number of carbonyl (C=O) groups excluding carboxylic acids is 2. The van der Waals surface area contributed by atoms with Crippen LogP contribution in [0.25, 0.3) is 0 Å². The van der Waals surface area contributed by atoms with Gasteiger partial charge in [0.15, 0.2) is 12.1 Å². The van der Waals surface area contributed by atoms with Crippen LogP contribution in [0, 0.1) is 17.8 Å². The number of amides is 1. The first kappa shape index (κ1) is 59.9. The third-order valence-electron chi connectivity index (χ3n) is 12.8. The van der Waals surface area contributed by atoms with E-state index < -0.39 is 128 Å². The molecule has 0 aliphatic carbocycles. The van der Waals surface area contributed by atoms with Gasteiger partial charge in [0, 0.05) is 44.2 Å². The molecule has 12 N–H and O–H groups in total. The molecular formula is C51H83N3O15. The molecule has 69 heavy (non-hydrogen) atoms. The lowest BCUT2D eigenvalue weighted by Gasteiger charge is -2.46. The molecule has 392 valence electrons. The molecule has 18 heteroatoms. The molecule has 3 aliphatic rings. The van der Waals surface area contributed by atoms with Crippen LogP contribution < -0.4 is 11.1 Å². The van der Waals surface area contributed by atoms with Gasteiger partial charge >= 0.3 is 5.97 Å². The van der Waals surface area contributed by atoms with Gasteiger partial charge in [-0.2, -0.15) is 0 Å². The second-order valence-corrected chi connectivity index (χ2v) is 19.2. The van der Waals surface area contributed by atoms with Crippen LogP contribution in [0.2, 0.25) is 0 Å². The van der Waals surface area contributed by atoms with Gasteiger partial charge in [-0.1, -0.05) is 98.9 Å². The van der Waals surface area contributed by atoms with Gasteiger partial charge in [-0.05, 0) is 60.0 Å². The maximum Gasteiger partial charge on any atom is 0.308 e. The topological polar surface area (TPSA) is 294 Å². The first-order valence-corrected chi connectivity index (χ1v) is 24.3. The maximum atomic E-state index is 13.7. The number of cyclic esters (lactones) is 1. The number of aliphatic hydroxyl groups is 9. The third-order valence-corrected chi connectivity index (χ3v) is 12.8. The van der Waals surface area contributed by atoms with Crippen LogP contribution in [0.3, 0.4) is 0 Å². The van der Waals surface area contributed by atoms with Gasteiger partial charge < -0.3 is 80.9 Å². The van der Waals surface area contributed by atoms with E-state index in [-0.39, 0.29) is 57.4 Å². The molecule has 1 amide bonds. The van der Waals surface area contributed by atoms with E-state index in [4.69, 9.17) is 24.7 Å². The average molecular weight is 978 g/mol. The number of fused-ring (bicyclic) bond motifs is 2. The molecule has 0 aromatic rings. The number of hydrogen-bond donors (Lipinski definition) is 11. The molecule has 3 aliphatic heterocycles. The molecule has 18 atom stereocenters. The minimum Gasteiger partial charge on any atom is -0.462 e. The number of allylic oxidation sites excluding steroid dienone is 12. The van der Waals surface area contributed by atoms with Crippen molar-refractivity contribution in [3.63, 3.8) is 0 Å². The average Bonchev–Trinajstić information content (AvgIpc) is 3.25. The van der Waals surface area contributed by atoms with Crippen molar-refractivity contribution >= 4 is 11.9 Å². The number of nitrogens with two attached hydrogens (primary N) is 1. The van der Waals surface area contributed by atoms with E-state index in [1.165, 1.54) is 0 Å². The standard InChI is InChI=1S/C51H83N3O15/c1-32-20-17-15-13-11-9-7-8-10-12-14-16-18-23-40(68-50-48(63)45(52)47(62)35(4)67-50)29-42-44(49(64)53-24-25-54(5)6)41(59)31-51(65,69-42)30-37(56)22-19-21-36(55)26-38(57)27-39(58)28-43(60)66-34(3)33(2)46(32)61/h7-18,20,23,32-42,44-48,50,55-59,61-63,65H,19,21-22,24-31,52H2,1-6H3,(H,53,64)/b8-7+,11-9+,12-10+,15-13+,16-14+,20-17+,23-18+/t32-,33-,34-,35+,36+,37-,38?,39+,40-,41-,42?,44+,45-,46+,47+,48-,50-,51+/m0/s1. The van der Waals surface area contributed by atoms with Gasteiger partial charge in [0.05, 0.1) is 79.4 Å². The van der Waals surface area contributed by atoms with Crippen molar-refractivity contribution in [2.45, 2.75) is 177 Å². The number of nitrogens with one attached hydrogen (secondary N) is 1. The zero-order chi connectivity index (χ0) is 51.3. The maximum absolute atomic E-state index is 13.7. The van der Waals surface area contributed by atoms with E-state index >= 15 is 0 Å². The lowest BCUT2D eigenvalue weighted by atomic mass is 9.82. The predicted octanol–water partition coefficient (Wildman–Crippen LogP) is 1.33. The molecule has 2 saturated heterocycles. The van der Waals surface area contributed by atoms with Crippen molar-refractivity contribution in [1.29, 1.82) is 0 Å². The summed E-state index contributed by atoms with van der Waals surface area (Å²) in [5.41, 5.74) is 6.11. The monoisotopic (exact) mass is 978 g/mol. The number of hydrogen-bond acceptors (Lipinski definition) is 17. The SMILES string of the molecule is C[C@@H]1[C@H](O)[C@@H](C)/C=C/C=C/C=C/C=C/C=C/C=C/C=C/[C@H](O[C@@H]2O[C@H](C)[C@@H](O)[C@H](N)[C@@H]2O)CC2O[C@](O)(C[C@@H](O)CCC[C@@H](O)CC(O)C[C@@H](O)CC(=O)O[C@H]1C)C[C@H](O)[C@H]2C(=O)NCCN(C)C. The van der Waals surface area contributed by atoms with E-state index in [0.29, 0.717) is 6.54 Å². The van der Waals surface area contributed by atoms with Crippen molar-refractivity contribution in [3.05, 3.63) is 85.1 Å². The number of nitrogens with zero attached hydrogens (tertiary/aromatic N) is 1. The Labute approximate surface area is 408 Å². The highest BCUT2D eigenvalue weighted by atomic mass is 16.7. The highest BCUT2D eigenvalue weighted by Gasteiger charge is 2.50. The summed E-state index contributed by atoms with van der Waals surface area (Å²) < 4.78 is 23.8. The van der Waals surface area contributed by atoms with Gasteiger partial charge in [-0.3, -0.25) is 9.59 Å². The molecule has 2 bridgehead atoms. The van der Waals surface area contributed by atoms with Crippen molar-refractivity contribution in [2.75, 3.05) is 27.2 Å². The molecule has 0 saturated carbocycles. The third kappa shape index (κ3) is 21.4. The predicted molar refractivity (Wildman–Crippen MR) is 260 cm³/mol. The van der Waals surface area contributed by atoms with Crippen molar-refractivity contribution < 1.29 is 74.5 Å².